The largest absolute Gasteiger partial charge is 0.388 e. The molecule has 0 aromatic heterocycles. The molecule has 1 aromatic rings. The van der Waals surface area contributed by atoms with Crippen molar-refractivity contribution in [2.45, 2.75) is 39.2 Å². The van der Waals surface area contributed by atoms with Gasteiger partial charge in [0.25, 0.3) is 10.1 Å². The minimum Gasteiger partial charge on any atom is -0.388 e. The summed E-state index contributed by atoms with van der Waals surface area (Å²) in [6, 6.07) is 5.82. The Morgan fingerprint density at radius 2 is 1.95 bits per heavy atom. The molecule has 0 fully saturated rings. The summed E-state index contributed by atoms with van der Waals surface area (Å²) in [7, 11) is -3.93. The highest BCUT2D eigenvalue weighted by Crippen LogP contribution is 2.37. The van der Waals surface area contributed by atoms with Gasteiger partial charge in [0.15, 0.2) is 0 Å². The Morgan fingerprint density at radius 3 is 2.50 bits per heavy atom. The highest BCUT2D eigenvalue weighted by molar-refractivity contribution is 7.85. The van der Waals surface area contributed by atoms with Crippen LogP contribution in [0.25, 0.3) is 0 Å². The van der Waals surface area contributed by atoms with Gasteiger partial charge < -0.3 is 5.11 Å². The Morgan fingerprint density at radius 1 is 1.30 bits per heavy atom. The van der Waals surface area contributed by atoms with Crippen molar-refractivity contribution >= 4 is 10.1 Å². The van der Waals surface area contributed by atoms with E-state index < -0.39 is 27.5 Å². The first-order valence-electron chi connectivity index (χ1n) is 6.50. The van der Waals surface area contributed by atoms with E-state index in [0.717, 1.165) is 0 Å². The molecule has 0 heterocycles. The Balaban J connectivity index is 2.59. The lowest BCUT2D eigenvalue weighted by Gasteiger charge is -2.31. The summed E-state index contributed by atoms with van der Waals surface area (Å²) < 4.78 is 43.0. The average Bonchev–Trinajstić information content (AvgIpc) is 2.32. The van der Waals surface area contributed by atoms with Crippen molar-refractivity contribution in [2.75, 3.05) is 5.75 Å². The molecule has 1 aromatic carbocycles. The van der Waals surface area contributed by atoms with Crippen molar-refractivity contribution in [3.8, 4) is 0 Å². The Bertz CT molecular complexity index is 540. The zero-order chi connectivity index (χ0) is 15.4. The molecule has 0 aliphatic carbocycles. The van der Waals surface area contributed by atoms with Crippen LogP contribution in [0.1, 0.15) is 44.8 Å². The van der Waals surface area contributed by atoms with Crippen molar-refractivity contribution in [3.05, 3.63) is 35.6 Å². The van der Waals surface area contributed by atoms with Crippen LogP contribution in [0.3, 0.4) is 0 Å². The van der Waals surface area contributed by atoms with Crippen LogP contribution in [0, 0.1) is 11.2 Å². The predicted molar refractivity (Wildman–Crippen MR) is 75.4 cm³/mol. The maximum absolute atomic E-state index is 13.1. The van der Waals surface area contributed by atoms with Gasteiger partial charge in [-0.25, -0.2) is 4.39 Å². The van der Waals surface area contributed by atoms with Crippen molar-refractivity contribution < 1.29 is 22.5 Å². The van der Waals surface area contributed by atoms with Gasteiger partial charge in [-0.1, -0.05) is 32.4 Å². The van der Waals surface area contributed by atoms with E-state index in [0.29, 0.717) is 24.8 Å². The van der Waals surface area contributed by atoms with E-state index in [-0.39, 0.29) is 5.75 Å². The Hall–Kier alpha value is -0.980. The van der Waals surface area contributed by atoms with Crippen LogP contribution < -0.4 is 0 Å². The lowest BCUT2D eigenvalue weighted by molar-refractivity contribution is 0.0412. The van der Waals surface area contributed by atoms with Gasteiger partial charge in [0.05, 0.1) is 11.9 Å². The molecule has 0 aliphatic rings. The fraction of sp³-hybridized carbons (Fsp3) is 0.571. The standard InChI is InChI=1S/C14H21FO4S/c1-14(2,8-3-4-9-20(17,18)19)13(16)11-6-5-7-12(15)10-11/h5-7,10,13,16H,3-4,8-9H2,1-2H3,(H,17,18,19). The fourth-order valence-corrected chi connectivity index (χ4v) is 2.70. The Kier molecular flexibility index (Phi) is 5.68. The number of halogens is 1. The van der Waals surface area contributed by atoms with Gasteiger partial charge in [0.1, 0.15) is 5.82 Å². The van der Waals surface area contributed by atoms with E-state index in [1.54, 1.807) is 12.1 Å². The number of hydrogen-bond donors (Lipinski definition) is 2. The van der Waals surface area contributed by atoms with Gasteiger partial charge in [-0.15, -0.1) is 0 Å². The van der Waals surface area contributed by atoms with Crippen LogP contribution >= 0.6 is 0 Å². The maximum Gasteiger partial charge on any atom is 0.264 e. The Labute approximate surface area is 119 Å². The summed E-state index contributed by atoms with van der Waals surface area (Å²) in [5.41, 5.74) is -0.00251. The molecule has 4 nitrogen and oxygen atoms in total. The molecule has 0 saturated heterocycles. The second kappa shape index (κ2) is 6.65. The normalized spacial score (nSPS) is 14.2. The van der Waals surface area contributed by atoms with E-state index in [4.69, 9.17) is 4.55 Å². The molecule has 0 saturated carbocycles. The highest BCUT2D eigenvalue weighted by atomic mass is 32.2. The predicted octanol–water partition coefficient (Wildman–Crippen LogP) is 2.94. The van der Waals surface area contributed by atoms with Crippen molar-refractivity contribution in [2.24, 2.45) is 5.41 Å². The van der Waals surface area contributed by atoms with Crippen LogP contribution in [0.5, 0.6) is 0 Å². The molecule has 114 valence electrons. The second-order valence-corrected chi connectivity index (χ2v) is 7.26. The fourth-order valence-electron chi connectivity index (χ4n) is 2.13. The summed E-state index contributed by atoms with van der Waals surface area (Å²) in [6.07, 6.45) is 0.626. The van der Waals surface area contributed by atoms with E-state index in [1.807, 2.05) is 13.8 Å². The molecule has 6 heteroatoms. The first-order chi connectivity index (χ1) is 9.12. The molecule has 2 N–H and O–H groups in total. The van der Waals surface area contributed by atoms with E-state index in [2.05, 4.69) is 0 Å². The summed E-state index contributed by atoms with van der Waals surface area (Å²) in [6.45, 7) is 3.69. The summed E-state index contributed by atoms with van der Waals surface area (Å²) in [4.78, 5) is 0. The van der Waals surface area contributed by atoms with Gasteiger partial charge in [-0.3, -0.25) is 4.55 Å². The molecular formula is C14H21FO4S. The maximum atomic E-state index is 13.1. The van der Waals surface area contributed by atoms with Crippen LogP contribution in [0.4, 0.5) is 4.39 Å². The molecule has 0 radical (unpaired) electrons. The first kappa shape index (κ1) is 17.1. The number of unbranched alkanes of at least 4 members (excludes halogenated alkanes) is 1. The number of aliphatic hydroxyl groups excluding tert-OH is 1. The average molecular weight is 304 g/mol. The van der Waals surface area contributed by atoms with Gasteiger partial charge in [-0.2, -0.15) is 8.42 Å². The van der Waals surface area contributed by atoms with Crippen LogP contribution in [0.2, 0.25) is 0 Å². The van der Waals surface area contributed by atoms with Gasteiger partial charge in [0.2, 0.25) is 0 Å². The molecule has 0 aliphatic heterocycles. The second-order valence-electron chi connectivity index (χ2n) is 5.69. The lowest BCUT2D eigenvalue weighted by Crippen LogP contribution is -2.22. The van der Waals surface area contributed by atoms with E-state index in [1.165, 1.54) is 12.1 Å². The quantitative estimate of drug-likeness (QED) is 0.600. The minimum atomic E-state index is -3.93. The summed E-state index contributed by atoms with van der Waals surface area (Å²) in [5, 5.41) is 10.3. The minimum absolute atomic E-state index is 0.279. The molecule has 20 heavy (non-hydrogen) atoms. The van der Waals surface area contributed by atoms with E-state index >= 15 is 0 Å². The molecule has 0 bridgehead atoms. The first-order valence-corrected chi connectivity index (χ1v) is 8.11. The molecule has 0 amide bonds. The number of benzene rings is 1. The van der Waals surface area contributed by atoms with Crippen molar-refractivity contribution in [1.82, 2.24) is 0 Å². The topological polar surface area (TPSA) is 74.6 Å². The van der Waals surface area contributed by atoms with Gasteiger partial charge in [0, 0.05) is 0 Å². The summed E-state index contributed by atoms with van der Waals surface area (Å²) in [5.74, 6) is -0.678. The lowest BCUT2D eigenvalue weighted by atomic mass is 9.78. The van der Waals surface area contributed by atoms with Gasteiger partial charge in [-0.05, 0) is 36.0 Å². The molecule has 1 atom stereocenters. The number of rotatable bonds is 7. The van der Waals surface area contributed by atoms with E-state index in [9.17, 15) is 17.9 Å². The zero-order valence-corrected chi connectivity index (χ0v) is 12.5. The SMILES string of the molecule is CC(C)(CCCCS(=O)(=O)O)C(O)c1cccc(F)c1. The zero-order valence-electron chi connectivity index (χ0n) is 11.7. The molecule has 1 rings (SSSR count). The molecule has 0 spiro atoms. The van der Waals surface area contributed by atoms with Crippen molar-refractivity contribution in [1.29, 1.82) is 0 Å². The van der Waals surface area contributed by atoms with Crippen LogP contribution in [-0.2, 0) is 10.1 Å². The third-order valence-corrected chi connectivity index (χ3v) is 4.18. The van der Waals surface area contributed by atoms with Crippen molar-refractivity contribution in [3.63, 3.8) is 0 Å². The summed E-state index contributed by atoms with van der Waals surface area (Å²) >= 11 is 0. The molecular weight excluding hydrogens is 283 g/mol. The van der Waals surface area contributed by atoms with Gasteiger partial charge >= 0.3 is 0 Å². The number of hydrogen-bond acceptors (Lipinski definition) is 3. The van der Waals surface area contributed by atoms with Crippen LogP contribution in [-0.4, -0.2) is 23.8 Å². The monoisotopic (exact) mass is 304 g/mol. The third-order valence-electron chi connectivity index (χ3n) is 3.38. The highest BCUT2D eigenvalue weighted by Gasteiger charge is 2.28. The number of aliphatic hydroxyl groups is 1. The smallest absolute Gasteiger partial charge is 0.264 e. The van der Waals surface area contributed by atoms with Crippen LogP contribution in [0.15, 0.2) is 24.3 Å². The third kappa shape index (κ3) is 5.56. The molecule has 1 unspecified atom stereocenters.